The molecule has 1 N–H and O–H groups in total. The van der Waals surface area contributed by atoms with Crippen LogP contribution in [0.25, 0.3) is 11.1 Å². The van der Waals surface area contributed by atoms with E-state index in [1.165, 1.54) is 12.1 Å². The van der Waals surface area contributed by atoms with Gasteiger partial charge >= 0.3 is 0 Å². The van der Waals surface area contributed by atoms with Crippen molar-refractivity contribution in [3.63, 3.8) is 0 Å². The molecule has 0 bridgehead atoms. The molecule has 0 atom stereocenters. The molecule has 0 aliphatic heterocycles. The predicted molar refractivity (Wildman–Crippen MR) is 100 cm³/mol. The van der Waals surface area contributed by atoms with Gasteiger partial charge in [0.1, 0.15) is 23.9 Å². The lowest BCUT2D eigenvalue weighted by atomic mass is 10.1. The maximum atomic E-state index is 13.1. The number of hydrogen-bond donors (Lipinski definition) is 1. The van der Waals surface area contributed by atoms with E-state index in [2.05, 4.69) is 15.4 Å². The van der Waals surface area contributed by atoms with E-state index in [1.54, 1.807) is 30.6 Å². The van der Waals surface area contributed by atoms with Crippen LogP contribution in [0.1, 0.15) is 30.4 Å². The van der Waals surface area contributed by atoms with Crippen LogP contribution in [0.15, 0.2) is 55.0 Å². The summed E-state index contributed by atoms with van der Waals surface area (Å²) in [5, 5.41) is 7.06. The molecule has 0 unspecified atom stereocenters. The van der Waals surface area contributed by atoms with E-state index in [1.807, 2.05) is 30.8 Å². The second kappa shape index (κ2) is 8.44. The number of ether oxygens (including phenoxy) is 1. The Morgan fingerprint density at radius 2 is 2.11 bits per heavy atom. The molecule has 2 aromatic heterocycles. The van der Waals surface area contributed by atoms with E-state index in [9.17, 15) is 9.18 Å². The third-order valence-corrected chi connectivity index (χ3v) is 3.91. The first-order chi connectivity index (χ1) is 13.0. The molecule has 3 rings (SSSR count). The molecule has 0 spiro atoms. The summed E-state index contributed by atoms with van der Waals surface area (Å²) < 4.78 is 20.4. The summed E-state index contributed by atoms with van der Waals surface area (Å²) in [7, 11) is 0. The molecular formula is C20H21FN4O2. The maximum Gasteiger partial charge on any atom is 0.270 e. The van der Waals surface area contributed by atoms with Gasteiger partial charge in [0.05, 0.1) is 12.7 Å². The van der Waals surface area contributed by atoms with Gasteiger partial charge in [-0.25, -0.2) is 4.39 Å². The van der Waals surface area contributed by atoms with Crippen molar-refractivity contribution in [2.24, 2.45) is 0 Å². The summed E-state index contributed by atoms with van der Waals surface area (Å²) in [6, 6.07) is 9.70. The zero-order chi connectivity index (χ0) is 19.2. The van der Waals surface area contributed by atoms with Crippen molar-refractivity contribution in [1.82, 2.24) is 20.1 Å². The van der Waals surface area contributed by atoms with E-state index in [0.717, 1.165) is 11.1 Å². The highest BCUT2D eigenvalue weighted by Gasteiger charge is 2.10. The first-order valence-corrected chi connectivity index (χ1v) is 8.70. The van der Waals surface area contributed by atoms with E-state index >= 15 is 0 Å². The summed E-state index contributed by atoms with van der Waals surface area (Å²) >= 11 is 0. The Morgan fingerprint density at radius 3 is 2.85 bits per heavy atom. The number of amides is 1. The number of halogens is 1. The number of carbonyl (C=O) groups excluding carboxylic acids is 1. The van der Waals surface area contributed by atoms with Crippen molar-refractivity contribution >= 4 is 5.91 Å². The highest BCUT2D eigenvalue weighted by molar-refractivity contribution is 5.93. The third-order valence-electron chi connectivity index (χ3n) is 3.91. The molecule has 140 valence electrons. The van der Waals surface area contributed by atoms with Gasteiger partial charge in [-0.05, 0) is 43.7 Å². The smallest absolute Gasteiger partial charge is 0.270 e. The molecule has 3 aromatic rings. The molecule has 0 fully saturated rings. The molecule has 0 saturated carbocycles. The minimum absolute atomic E-state index is 0.232. The molecule has 0 aliphatic rings. The second-order valence-corrected chi connectivity index (χ2v) is 6.29. The average molecular weight is 368 g/mol. The monoisotopic (exact) mass is 368 g/mol. The lowest BCUT2D eigenvalue weighted by Gasteiger charge is -2.08. The number of pyridine rings is 1. The van der Waals surface area contributed by atoms with Crippen molar-refractivity contribution in [3.05, 3.63) is 66.5 Å². The zero-order valence-electron chi connectivity index (χ0n) is 15.2. The van der Waals surface area contributed by atoms with E-state index in [4.69, 9.17) is 4.74 Å². The van der Waals surface area contributed by atoms with Crippen LogP contribution >= 0.6 is 0 Å². The van der Waals surface area contributed by atoms with Crippen LogP contribution in [-0.2, 0) is 0 Å². The van der Waals surface area contributed by atoms with Crippen LogP contribution in [0.2, 0.25) is 0 Å². The average Bonchev–Trinajstić information content (AvgIpc) is 3.16. The molecule has 0 aliphatic carbocycles. The molecule has 1 amide bonds. The molecular weight excluding hydrogens is 347 g/mol. The molecule has 27 heavy (non-hydrogen) atoms. The first kappa shape index (κ1) is 18.6. The van der Waals surface area contributed by atoms with Gasteiger partial charge in [0.15, 0.2) is 0 Å². The maximum absolute atomic E-state index is 13.1. The second-order valence-electron chi connectivity index (χ2n) is 6.29. The Labute approximate surface area is 157 Å². The molecule has 6 nitrogen and oxygen atoms in total. The van der Waals surface area contributed by atoms with Gasteiger partial charge < -0.3 is 10.1 Å². The fourth-order valence-electron chi connectivity index (χ4n) is 2.48. The zero-order valence-corrected chi connectivity index (χ0v) is 15.2. The largest absolute Gasteiger partial charge is 0.492 e. The van der Waals surface area contributed by atoms with Crippen molar-refractivity contribution in [3.8, 4) is 16.9 Å². The van der Waals surface area contributed by atoms with Crippen LogP contribution < -0.4 is 10.1 Å². The normalized spacial score (nSPS) is 10.8. The number of hydrogen-bond acceptors (Lipinski definition) is 4. The van der Waals surface area contributed by atoms with Gasteiger partial charge in [0, 0.05) is 30.1 Å². The first-order valence-electron chi connectivity index (χ1n) is 8.70. The third kappa shape index (κ3) is 4.91. The minimum atomic E-state index is -0.363. The summed E-state index contributed by atoms with van der Waals surface area (Å²) in [6.07, 6.45) is 5.30. The number of aromatic nitrogens is 3. The number of rotatable bonds is 7. The van der Waals surface area contributed by atoms with Gasteiger partial charge in [0.25, 0.3) is 5.91 Å². The van der Waals surface area contributed by atoms with Crippen LogP contribution in [0, 0.1) is 5.82 Å². The topological polar surface area (TPSA) is 69.0 Å². The molecule has 0 saturated heterocycles. The quantitative estimate of drug-likeness (QED) is 0.649. The molecule has 7 heteroatoms. The Kier molecular flexibility index (Phi) is 5.80. The molecule has 2 heterocycles. The van der Waals surface area contributed by atoms with Crippen LogP contribution in [0.5, 0.6) is 5.75 Å². The van der Waals surface area contributed by atoms with E-state index < -0.39 is 0 Å². The van der Waals surface area contributed by atoms with Gasteiger partial charge in [-0.1, -0.05) is 6.07 Å². The molecule has 0 radical (unpaired) electrons. The van der Waals surface area contributed by atoms with Gasteiger partial charge in [-0.2, -0.15) is 5.10 Å². The summed E-state index contributed by atoms with van der Waals surface area (Å²) in [6.45, 7) is 4.62. The van der Waals surface area contributed by atoms with Crippen LogP contribution in [0.4, 0.5) is 4.39 Å². The van der Waals surface area contributed by atoms with E-state index in [-0.39, 0.29) is 30.9 Å². The lowest BCUT2D eigenvalue weighted by Crippen LogP contribution is -2.28. The number of nitrogens with one attached hydrogen (secondary N) is 1. The summed E-state index contributed by atoms with van der Waals surface area (Å²) in [5.74, 6) is -0.235. The highest BCUT2D eigenvalue weighted by Crippen LogP contribution is 2.20. The minimum Gasteiger partial charge on any atom is -0.492 e. The van der Waals surface area contributed by atoms with Gasteiger partial charge in [-0.15, -0.1) is 0 Å². The van der Waals surface area contributed by atoms with Crippen LogP contribution in [0.3, 0.4) is 0 Å². The fourth-order valence-corrected chi connectivity index (χ4v) is 2.48. The molecule has 1 aromatic carbocycles. The van der Waals surface area contributed by atoms with Crippen molar-refractivity contribution in [2.75, 3.05) is 13.2 Å². The predicted octanol–water partition coefficient (Wildman–Crippen LogP) is 3.47. The van der Waals surface area contributed by atoms with E-state index in [0.29, 0.717) is 11.4 Å². The SMILES string of the molecule is CC(C)n1cc(-c2ccnc(C(=O)NCCOc3cccc(F)c3)c2)cn1. The Bertz CT molecular complexity index is 924. The Balaban J connectivity index is 1.56. The van der Waals surface area contributed by atoms with Gasteiger partial charge in [-0.3, -0.25) is 14.5 Å². The van der Waals surface area contributed by atoms with Crippen molar-refractivity contribution in [2.45, 2.75) is 19.9 Å². The lowest BCUT2D eigenvalue weighted by molar-refractivity contribution is 0.0942. The Morgan fingerprint density at radius 1 is 1.26 bits per heavy atom. The fraction of sp³-hybridized carbons (Fsp3) is 0.250. The highest BCUT2D eigenvalue weighted by atomic mass is 19.1. The summed E-state index contributed by atoms with van der Waals surface area (Å²) in [4.78, 5) is 16.4. The number of nitrogens with zero attached hydrogens (tertiary/aromatic N) is 3. The number of benzene rings is 1. The number of carbonyl (C=O) groups is 1. The van der Waals surface area contributed by atoms with Gasteiger partial charge in [0.2, 0.25) is 0 Å². The van der Waals surface area contributed by atoms with Crippen molar-refractivity contribution in [1.29, 1.82) is 0 Å². The van der Waals surface area contributed by atoms with Crippen LogP contribution in [-0.4, -0.2) is 33.8 Å². The Hall–Kier alpha value is -3.22. The standard InChI is InChI=1S/C20H21FN4O2/c1-14(2)25-13-16(12-24-25)15-6-7-22-19(10-15)20(26)23-8-9-27-18-5-3-4-17(21)11-18/h3-7,10-14H,8-9H2,1-2H3,(H,23,26). The van der Waals surface area contributed by atoms with Crippen molar-refractivity contribution < 1.29 is 13.9 Å². The summed E-state index contributed by atoms with van der Waals surface area (Å²) in [5.41, 5.74) is 2.11.